The zero-order valence-electron chi connectivity index (χ0n) is 12.0. The Kier molecular flexibility index (Phi) is 3.66. The lowest BCUT2D eigenvalue weighted by Crippen LogP contribution is -2.56. The molecule has 2 fully saturated rings. The number of carbonyl (C=O) groups excluding carboxylic acids is 2. The second kappa shape index (κ2) is 5.47. The van der Waals surface area contributed by atoms with E-state index in [-0.39, 0.29) is 29.7 Å². The Morgan fingerprint density at radius 2 is 2.10 bits per heavy atom. The Hall–Kier alpha value is -1.91. The molecule has 2 aliphatic rings. The third-order valence-electron chi connectivity index (χ3n) is 4.40. The summed E-state index contributed by atoms with van der Waals surface area (Å²) in [5.74, 6) is -0.121. The highest BCUT2D eigenvalue weighted by molar-refractivity contribution is 5.96. The fourth-order valence-corrected chi connectivity index (χ4v) is 2.99. The highest BCUT2D eigenvalue weighted by Gasteiger charge is 2.40. The molecule has 0 radical (unpaired) electrons. The smallest absolute Gasteiger partial charge is 0.251 e. The van der Waals surface area contributed by atoms with E-state index in [0.29, 0.717) is 29.9 Å². The maximum atomic E-state index is 13.5. The van der Waals surface area contributed by atoms with Crippen molar-refractivity contribution >= 4 is 11.8 Å². The molecule has 4 nitrogen and oxygen atoms in total. The number of amides is 2. The first-order valence-corrected chi connectivity index (χ1v) is 7.41. The Morgan fingerprint density at radius 1 is 1.33 bits per heavy atom. The van der Waals surface area contributed by atoms with E-state index >= 15 is 0 Å². The molecule has 0 aromatic heterocycles. The van der Waals surface area contributed by atoms with Gasteiger partial charge in [0, 0.05) is 12.0 Å². The lowest BCUT2D eigenvalue weighted by atomic mass is 9.93. The normalized spacial score (nSPS) is 25.3. The van der Waals surface area contributed by atoms with Crippen molar-refractivity contribution in [3.8, 4) is 0 Å². The van der Waals surface area contributed by atoms with Crippen molar-refractivity contribution in [3.63, 3.8) is 0 Å². The van der Waals surface area contributed by atoms with Crippen molar-refractivity contribution in [3.05, 3.63) is 35.1 Å². The Labute approximate surface area is 123 Å². The molecule has 2 atom stereocenters. The average molecular weight is 290 g/mol. The third kappa shape index (κ3) is 2.91. The van der Waals surface area contributed by atoms with Crippen LogP contribution in [0.4, 0.5) is 4.39 Å². The number of benzene rings is 1. The topological polar surface area (TPSA) is 58.2 Å². The van der Waals surface area contributed by atoms with Gasteiger partial charge in [0.1, 0.15) is 5.82 Å². The van der Waals surface area contributed by atoms with Crippen molar-refractivity contribution in [1.82, 2.24) is 10.6 Å². The van der Waals surface area contributed by atoms with Crippen LogP contribution in [0, 0.1) is 18.7 Å². The number of hydrogen-bond donors (Lipinski definition) is 2. The van der Waals surface area contributed by atoms with Crippen LogP contribution in [0.2, 0.25) is 0 Å². The fourth-order valence-electron chi connectivity index (χ4n) is 2.99. The number of hydrogen-bond acceptors (Lipinski definition) is 2. The summed E-state index contributed by atoms with van der Waals surface area (Å²) in [6.45, 7) is 1.60. The van der Waals surface area contributed by atoms with Crippen LogP contribution in [0.5, 0.6) is 0 Å². The average Bonchev–Trinajstić information content (AvgIpc) is 3.28. The zero-order chi connectivity index (χ0) is 15.0. The van der Waals surface area contributed by atoms with Gasteiger partial charge in [-0.05, 0) is 49.8 Å². The highest BCUT2D eigenvalue weighted by Crippen LogP contribution is 2.36. The molecule has 0 bridgehead atoms. The predicted octanol–water partition coefficient (Wildman–Crippen LogP) is 1.92. The van der Waals surface area contributed by atoms with Gasteiger partial charge < -0.3 is 10.6 Å². The van der Waals surface area contributed by atoms with Gasteiger partial charge in [-0.1, -0.05) is 6.07 Å². The molecule has 21 heavy (non-hydrogen) atoms. The fraction of sp³-hybridized carbons (Fsp3) is 0.500. The van der Waals surface area contributed by atoms with E-state index in [1.54, 1.807) is 13.0 Å². The predicted molar refractivity (Wildman–Crippen MR) is 76.3 cm³/mol. The standard InChI is InChI=1S/C16H19FN2O2/c1-9-11(3-2-4-12(9)17)16(21)18-13-7-8-14(20)19-15(13)10-5-6-10/h2-4,10,13,15H,5-8H2,1H3,(H,18,21)(H,19,20)/t13-,15+/m1/s1. The lowest BCUT2D eigenvalue weighted by Gasteiger charge is -2.33. The van der Waals surface area contributed by atoms with Crippen molar-refractivity contribution < 1.29 is 14.0 Å². The summed E-state index contributed by atoms with van der Waals surface area (Å²) in [5.41, 5.74) is 0.722. The summed E-state index contributed by atoms with van der Waals surface area (Å²) in [5, 5.41) is 5.96. The lowest BCUT2D eigenvalue weighted by molar-refractivity contribution is -0.124. The van der Waals surface area contributed by atoms with E-state index in [0.717, 1.165) is 12.8 Å². The Balaban J connectivity index is 1.74. The van der Waals surface area contributed by atoms with Crippen LogP contribution >= 0.6 is 0 Å². The van der Waals surface area contributed by atoms with Crippen LogP contribution in [0.3, 0.4) is 0 Å². The Morgan fingerprint density at radius 3 is 2.81 bits per heavy atom. The SMILES string of the molecule is Cc1c(F)cccc1C(=O)N[C@@H]1CCC(=O)N[C@H]1C1CC1. The summed E-state index contributed by atoms with van der Waals surface area (Å²) in [4.78, 5) is 23.9. The summed E-state index contributed by atoms with van der Waals surface area (Å²) in [7, 11) is 0. The highest BCUT2D eigenvalue weighted by atomic mass is 19.1. The molecular formula is C16H19FN2O2. The Bertz CT molecular complexity index is 584. The van der Waals surface area contributed by atoms with Gasteiger partial charge in [-0.2, -0.15) is 0 Å². The van der Waals surface area contributed by atoms with Gasteiger partial charge in [-0.3, -0.25) is 9.59 Å². The number of piperidine rings is 1. The summed E-state index contributed by atoms with van der Waals surface area (Å²) in [6, 6.07) is 4.47. The molecule has 3 rings (SSSR count). The molecule has 5 heteroatoms. The van der Waals surface area contributed by atoms with Crippen molar-refractivity contribution in [1.29, 1.82) is 0 Å². The summed E-state index contributed by atoms with van der Waals surface area (Å²) in [6.07, 6.45) is 3.26. The quantitative estimate of drug-likeness (QED) is 0.893. The molecule has 1 saturated heterocycles. The largest absolute Gasteiger partial charge is 0.351 e. The molecule has 0 unspecified atom stereocenters. The van der Waals surface area contributed by atoms with E-state index in [4.69, 9.17) is 0 Å². The number of carbonyl (C=O) groups is 2. The van der Waals surface area contributed by atoms with Crippen LogP contribution in [-0.2, 0) is 4.79 Å². The van der Waals surface area contributed by atoms with E-state index in [1.165, 1.54) is 12.1 Å². The monoisotopic (exact) mass is 290 g/mol. The second-order valence-electron chi connectivity index (χ2n) is 5.96. The van der Waals surface area contributed by atoms with Crippen molar-refractivity contribution in [2.24, 2.45) is 5.92 Å². The third-order valence-corrected chi connectivity index (χ3v) is 4.40. The second-order valence-corrected chi connectivity index (χ2v) is 5.96. The maximum absolute atomic E-state index is 13.5. The molecule has 1 aliphatic carbocycles. The number of rotatable bonds is 3. The first kappa shape index (κ1) is 14.0. The molecular weight excluding hydrogens is 271 g/mol. The molecule has 0 spiro atoms. The van der Waals surface area contributed by atoms with Gasteiger partial charge >= 0.3 is 0 Å². The molecule has 2 amide bonds. The number of nitrogens with one attached hydrogen (secondary N) is 2. The minimum atomic E-state index is -0.377. The van der Waals surface area contributed by atoms with Gasteiger partial charge in [0.05, 0.1) is 12.1 Å². The van der Waals surface area contributed by atoms with Crippen LogP contribution in [0.15, 0.2) is 18.2 Å². The minimum absolute atomic E-state index is 0.0177. The van der Waals surface area contributed by atoms with Crippen LogP contribution < -0.4 is 10.6 Å². The molecule has 1 aromatic rings. The minimum Gasteiger partial charge on any atom is -0.351 e. The zero-order valence-corrected chi connectivity index (χ0v) is 12.0. The van der Waals surface area contributed by atoms with Crippen LogP contribution in [0.1, 0.15) is 41.6 Å². The van der Waals surface area contributed by atoms with E-state index in [2.05, 4.69) is 10.6 Å². The van der Waals surface area contributed by atoms with Gasteiger partial charge in [0.15, 0.2) is 0 Å². The van der Waals surface area contributed by atoms with Gasteiger partial charge in [-0.25, -0.2) is 4.39 Å². The molecule has 2 N–H and O–H groups in total. The van der Waals surface area contributed by atoms with Crippen molar-refractivity contribution in [2.45, 2.75) is 44.7 Å². The van der Waals surface area contributed by atoms with Gasteiger partial charge in [0.2, 0.25) is 5.91 Å². The van der Waals surface area contributed by atoms with Crippen LogP contribution in [-0.4, -0.2) is 23.9 Å². The van der Waals surface area contributed by atoms with Crippen LogP contribution in [0.25, 0.3) is 0 Å². The molecule has 1 heterocycles. The maximum Gasteiger partial charge on any atom is 0.251 e. The molecule has 1 aromatic carbocycles. The van der Waals surface area contributed by atoms with Gasteiger partial charge in [0.25, 0.3) is 5.91 Å². The van der Waals surface area contributed by atoms with E-state index in [9.17, 15) is 14.0 Å². The van der Waals surface area contributed by atoms with E-state index in [1.807, 2.05) is 0 Å². The van der Waals surface area contributed by atoms with E-state index < -0.39 is 0 Å². The summed E-state index contributed by atoms with van der Waals surface area (Å²) < 4.78 is 13.5. The molecule has 1 aliphatic heterocycles. The molecule has 1 saturated carbocycles. The molecule has 112 valence electrons. The van der Waals surface area contributed by atoms with Gasteiger partial charge in [-0.15, -0.1) is 0 Å². The first-order valence-electron chi connectivity index (χ1n) is 7.41. The van der Waals surface area contributed by atoms with Crippen molar-refractivity contribution in [2.75, 3.05) is 0 Å². The number of halogens is 1. The first-order chi connectivity index (χ1) is 10.1. The summed E-state index contributed by atoms with van der Waals surface area (Å²) >= 11 is 0.